The van der Waals surface area contributed by atoms with Gasteiger partial charge in [-0.1, -0.05) is 29.8 Å². The average Bonchev–Trinajstić information content (AvgIpc) is 2.12. The van der Waals surface area contributed by atoms with E-state index in [2.05, 4.69) is 35.1 Å². The van der Waals surface area contributed by atoms with Crippen LogP contribution in [0, 0.1) is 5.92 Å². The van der Waals surface area contributed by atoms with Crippen LogP contribution in [0.5, 0.6) is 0 Å². The molecule has 0 heterocycles. The number of hydrogen-bond donors (Lipinski definition) is 1. The van der Waals surface area contributed by atoms with Gasteiger partial charge in [0.05, 0.1) is 0 Å². The number of alkyl halides is 1. The summed E-state index contributed by atoms with van der Waals surface area (Å²) >= 11 is 5.13. The van der Waals surface area contributed by atoms with Crippen LogP contribution in [0.15, 0.2) is 0 Å². The van der Waals surface area contributed by atoms with Crippen LogP contribution in [0.2, 0.25) is 0 Å². The molecule has 14 heavy (non-hydrogen) atoms. The lowest BCUT2D eigenvalue weighted by atomic mass is 10.1. The van der Waals surface area contributed by atoms with Crippen molar-refractivity contribution < 1.29 is 4.79 Å². The predicted molar refractivity (Wildman–Crippen MR) is 68.2 cm³/mol. The molecule has 2 nitrogen and oxygen atoms in total. The van der Waals surface area contributed by atoms with Crippen LogP contribution in [0.25, 0.3) is 0 Å². The molecule has 0 aromatic rings. The highest BCUT2D eigenvalue weighted by molar-refractivity contribution is 9.09. The Morgan fingerprint density at radius 2 is 2.14 bits per heavy atom. The Labute approximate surface area is 99.7 Å². The summed E-state index contributed by atoms with van der Waals surface area (Å²) in [5.41, 5.74) is 0. The first kappa shape index (κ1) is 14.3. The molecule has 1 N–H and O–H groups in total. The summed E-state index contributed by atoms with van der Waals surface area (Å²) in [7, 11) is 0. The van der Waals surface area contributed by atoms with Crippen molar-refractivity contribution in [3.63, 3.8) is 0 Å². The van der Waals surface area contributed by atoms with Crippen LogP contribution < -0.4 is 5.32 Å². The van der Waals surface area contributed by atoms with Crippen molar-refractivity contribution in [2.75, 3.05) is 17.3 Å². The third-order valence-electron chi connectivity index (χ3n) is 1.84. The maximum absolute atomic E-state index is 11.4. The van der Waals surface area contributed by atoms with E-state index >= 15 is 0 Å². The summed E-state index contributed by atoms with van der Waals surface area (Å²) in [5, 5.41) is 3.88. The molecule has 0 fully saturated rings. The average molecular weight is 282 g/mol. The third-order valence-corrected chi connectivity index (χ3v) is 3.23. The molecule has 0 saturated carbocycles. The number of amides is 1. The molecule has 84 valence electrons. The van der Waals surface area contributed by atoms with Crippen molar-refractivity contribution in [3.05, 3.63) is 0 Å². The molecule has 0 saturated heterocycles. The topological polar surface area (TPSA) is 29.1 Å². The molecule has 0 aliphatic rings. The zero-order chi connectivity index (χ0) is 11.0. The van der Waals surface area contributed by atoms with E-state index in [-0.39, 0.29) is 11.9 Å². The van der Waals surface area contributed by atoms with Gasteiger partial charge in [0.15, 0.2) is 0 Å². The molecular weight excluding hydrogens is 262 g/mol. The van der Waals surface area contributed by atoms with Gasteiger partial charge in [-0.3, -0.25) is 4.79 Å². The number of nitrogens with one attached hydrogen (secondary N) is 1. The van der Waals surface area contributed by atoms with Crippen molar-refractivity contribution in [3.8, 4) is 0 Å². The monoisotopic (exact) mass is 281 g/mol. The number of carbonyl (C=O) groups is 1. The Morgan fingerprint density at radius 3 is 2.57 bits per heavy atom. The standard InChI is InChI=1S/C10H20BrNOS/c1-8(2)6-9(7-11)12-10(13)4-5-14-3/h8-9H,4-7H2,1-3H3,(H,12,13). The summed E-state index contributed by atoms with van der Waals surface area (Å²) in [6.07, 6.45) is 3.68. The Kier molecular flexibility index (Phi) is 8.78. The van der Waals surface area contributed by atoms with Gasteiger partial charge < -0.3 is 5.32 Å². The van der Waals surface area contributed by atoms with E-state index in [1.165, 1.54) is 0 Å². The van der Waals surface area contributed by atoms with E-state index in [9.17, 15) is 4.79 Å². The zero-order valence-electron chi connectivity index (χ0n) is 9.18. The fourth-order valence-electron chi connectivity index (χ4n) is 1.22. The maximum atomic E-state index is 11.4. The van der Waals surface area contributed by atoms with E-state index < -0.39 is 0 Å². The number of thioether (sulfide) groups is 1. The van der Waals surface area contributed by atoms with Crippen molar-refractivity contribution >= 4 is 33.6 Å². The van der Waals surface area contributed by atoms with Crippen LogP contribution in [0.4, 0.5) is 0 Å². The minimum atomic E-state index is 0.171. The molecule has 1 amide bonds. The molecular formula is C10H20BrNOS. The first-order valence-corrected chi connectivity index (χ1v) is 7.46. The molecule has 0 aliphatic carbocycles. The van der Waals surface area contributed by atoms with Crippen LogP contribution >= 0.6 is 27.7 Å². The molecule has 0 rings (SSSR count). The molecule has 0 aromatic carbocycles. The molecule has 0 bridgehead atoms. The second kappa shape index (κ2) is 8.60. The Morgan fingerprint density at radius 1 is 1.50 bits per heavy atom. The van der Waals surface area contributed by atoms with Crippen molar-refractivity contribution in [2.45, 2.75) is 32.7 Å². The largest absolute Gasteiger partial charge is 0.352 e. The smallest absolute Gasteiger partial charge is 0.221 e. The highest BCUT2D eigenvalue weighted by Crippen LogP contribution is 2.07. The van der Waals surface area contributed by atoms with Crippen LogP contribution in [0.3, 0.4) is 0 Å². The molecule has 4 heteroatoms. The van der Waals surface area contributed by atoms with Gasteiger partial charge in [0.1, 0.15) is 0 Å². The summed E-state index contributed by atoms with van der Waals surface area (Å²) in [4.78, 5) is 11.4. The summed E-state index contributed by atoms with van der Waals surface area (Å²) in [6.45, 7) is 4.34. The first-order chi connectivity index (χ1) is 6.60. The Hall–Kier alpha value is 0.300. The fraction of sp³-hybridized carbons (Fsp3) is 0.900. The SMILES string of the molecule is CSCCC(=O)NC(CBr)CC(C)C. The van der Waals surface area contributed by atoms with E-state index in [4.69, 9.17) is 0 Å². The Bertz CT molecular complexity index is 164. The first-order valence-electron chi connectivity index (χ1n) is 4.94. The predicted octanol–water partition coefficient (Wildman–Crippen LogP) is 2.67. The molecule has 0 aromatic heterocycles. The lowest BCUT2D eigenvalue weighted by Gasteiger charge is -2.18. The van der Waals surface area contributed by atoms with Gasteiger partial charge in [-0.2, -0.15) is 11.8 Å². The van der Waals surface area contributed by atoms with Crippen molar-refractivity contribution in [1.29, 1.82) is 0 Å². The number of carbonyl (C=O) groups excluding carboxylic acids is 1. The molecule has 1 atom stereocenters. The van der Waals surface area contributed by atoms with Crippen LogP contribution in [0.1, 0.15) is 26.7 Å². The van der Waals surface area contributed by atoms with E-state index in [0.29, 0.717) is 12.3 Å². The number of halogens is 1. The van der Waals surface area contributed by atoms with Crippen molar-refractivity contribution in [2.24, 2.45) is 5.92 Å². The van der Waals surface area contributed by atoms with Gasteiger partial charge in [-0.15, -0.1) is 0 Å². The summed E-state index contributed by atoms with van der Waals surface area (Å²) in [5.74, 6) is 1.70. The van der Waals surface area contributed by atoms with Crippen LogP contribution in [-0.4, -0.2) is 29.3 Å². The van der Waals surface area contributed by atoms with E-state index in [1.807, 2.05) is 6.26 Å². The minimum absolute atomic E-state index is 0.171. The van der Waals surface area contributed by atoms with E-state index in [0.717, 1.165) is 17.5 Å². The fourth-order valence-corrected chi connectivity index (χ4v) is 2.04. The molecule has 1 unspecified atom stereocenters. The molecule has 0 radical (unpaired) electrons. The number of hydrogen-bond acceptors (Lipinski definition) is 2. The van der Waals surface area contributed by atoms with Gasteiger partial charge in [-0.05, 0) is 18.6 Å². The minimum Gasteiger partial charge on any atom is -0.352 e. The summed E-state index contributed by atoms with van der Waals surface area (Å²) < 4.78 is 0. The number of rotatable bonds is 7. The highest BCUT2D eigenvalue weighted by Gasteiger charge is 2.11. The summed E-state index contributed by atoms with van der Waals surface area (Å²) in [6, 6.07) is 0.282. The van der Waals surface area contributed by atoms with E-state index in [1.54, 1.807) is 11.8 Å². The van der Waals surface area contributed by atoms with Gasteiger partial charge in [0.25, 0.3) is 0 Å². The van der Waals surface area contributed by atoms with Crippen molar-refractivity contribution in [1.82, 2.24) is 5.32 Å². The van der Waals surface area contributed by atoms with Gasteiger partial charge >= 0.3 is 0 Å². The lowest BCUT2D eigenvalue weighted by molar-refractivity contribution is -0.121. The van der Waals surface area contributed by atoms with Gasteiger partial charge in [0.2, 0.25) is 5.91 Å². The normalized spacial score (nSPS) is 12.9. The highest BCUT2D eigenvalue weighted by atomic mass is 79.9. The Balaban J connectivity index is 3.74. The van der Waals surface area contributed by atoms with Crippen LogP contribution in [-0.2, 0) is 4.79 Å². The second-order valence-corrected chi connectivity index (χ2v) is 5.42. The third kappa shape index (κ3) is 7.68. The molecule has 0 spiro atoms. The van der Waals surface area contributed by atoms with Gasteiger partial charge in [-0.25, -0.2) is 0 Å². The van der Waals surface area contributed by atoms with Gasteiger partial charge in [0, 0.05) is 23.5 Å². The quantitative estimate of drug-likeness (QED) is 0.727. The second-order valence-electron chi connectivity index (χ2n) is 3.79. The maximum Gasteiger partial charge on any atom is 0.221 e. The lowest BCUT2D eigenvalue weighted by Crippen LogP contribution is -2.37. The zero-order valence-corrected chi connectivity index (χ0v) is 11.6. The molecule has 0 aliphatic heterocycles.